The smallest absolute Gasteiger partial charge is 0.281 e. The molecule has 4 saturated carbocycles. The highest BCUT2D eigenvalue weighted by atomic mass is 32.2. The summed E-state index contributed by atoms with van der Waals surface area (Å²) in [7, 11) is -6.91. The van der Waals surface area contributed by atoms with Crippen LogP contribution < -0.4 is 0 Å². The van der Waals surface area contributed by atoms with Crippen LogP contribution in [0.2, 0.25) is 0 Å². The molecule has 0 heterocycles. The van der Waals surface area contributed by atoms with Crippen molar-refractivity contribution in [2.75, 3.05) is 0 Å². The van der Waals surface area contributed by atoms with Gasteiger partial charge in [-0.3, -0.25) is 4.55 Å². The van der Waals surface area contributed by atoms with E-state index in [-0.39, 0.29) is 0 Å². The molecule has 1 N–H and O–H groups in total. The second-order valence-corrected chi connectivity index (χ2v) is 10.2. The number of halogens is 8. The van der Waals surface area contributed by atoms with Crippen LogP contribution in [0.15, 0.2) is 0 Å². The van der Waals surface area contributed by atoms with Crippen LogP contribution >= 0.6 is 0 Å². The minimum atomic E-state index is -6.91. The van der Waals surface area contributed by atoms with Crippen molar-refractivity contribution in [1.29, 1.82) is 0 Å². The Labute approximate surface area is 161 Å². The highest BCUT2D eigenvalue weighted by Gasteiger charge is 2.74. The van der Waals surface area contributed by atoms with Gasteiger partial charge in [-0.2, -0.15) is 43.5 Å². The fraction of sp³-hybridized carbons (Fsp3) is 1.00. The number of alkyl halides is 8. The molecule has 0 radical (unpaired) electrons. The summed E-state index contributed by atoms with van der Waals surface area (Å²) in [5, 5.41) is -6.54. The molecular formula is C16H20F8O4S. The van der Waals surface area contributed by atoms with Gasteiger partial charge in [-0.15, -0.1) is 0 Å². The lowest BCUT2D eigenvalue weighted by Crippen LogP contribution is -2.56. The molecule has 0 aromatic carbocycles. The summed E-state index contributed by atoms with van der Waals surface area (Å²) in [4.78, 5) is 0. The fourth-order valence-electron chi connectivity index (χ4n) is 5.61. The van der Waals surface area contributed by atoms with Gasteiger partial charge in [-0.05, 0) is 68.1 Å². The van der Waals surface area contributed by atoms with Gasteiger partial charge < -0.3 is 0 Å². The standard InChI is InChI=1S/C16H20F8O4S/c17-13(18,14(19,20)28-15(21,22)16(23,24)29(25,26)27)2-1-12-6-9-3-10(7-12)5-11(4-9)8-12/h9-11H,1-8H2,(H,25,26,27). The summed E-state index contributed by atoms with van der Waals surface area (Å²) in [5.41, 5.74) is -0.616. The van der Waals surface area contributed by atoms with Gasteiger partial charge in [0.2, 0.25) is 0 Å². The Morgan fingerprint density at radius 2 is 1.24 bits per heavy atom. The van der Waals surface area contributed by atoms with Gasteiger partial charge in [0.1, 0.15) is 0 Å². The van der Waals surface area contributed by atoms with E-state index in [1.807, 2.05) is 0 Å². The monoisotopic (exact) mass is 460 g/mol. The van der Waals surface area contributed by atoms with Gasteiger partial charge in [0.25, 0.3) is 0 Å². The third-order valence-corrected chi connectivity index (χ3v) is 7.36. The van der Waals surface area contributed by atoms with E-state index >= 15 is 0 Å². The van der Waals surface area contributed by atoms with Crippen LogP contribution in [0.5, 0.6) is 0 Å². The molecule has 29 heavy (non-hydrogen) atoms. The van der Waals surface area contributed by atoms with Crippen molar-refractivity contribution in [3.8, 4) is 0 Å². The molecule has 4 fully saturated rings. The summed E-state index contributed by atoms with van der Waals surface area (Å²) in [6.45, 7) is 0. The van der Waals surface area contributed by atoms with Crippen molar-refractivity contribution in [2.45, 2.75) is 74.8 Å². The van der Waals surface area contributed by atoms with E-state index in [1.54, 1.807) is 0 Å². The van der Waals surface area contributed by atoms with Gasteiger partial charge in [0.05, 0.1) is 0 Å². The first-order chi connectivity index (χ1) is 12.9. The molecule has 170 valence electrons. The lowest BCUT2D eigenvalue weighted by atomic mass is 9.48. The maximum Gasteiger partial charge on any atom is 0.460 e. The summed E-state index contributed by atoms with van der Waals surface area (Å²) < 4.78 is 139. The Kier molecular flexibility index (Phi) is 5.27. The summed E-state index contributed by atoms with van der Waals surface area (Å²) in [6, 6.07) is 0. The number of rotatable bonds is 8. The van der Waals surface area contributed by atoms with Crippen molar-refractivity contribution in [1.82, 2.24) is 0 Å². The summed E-state index contributed by atoms with van der Waals surface area (Å²) in [6.07, 6.45) is -10.1. The topological polar surface area (TPSA) is 63.6 Å². The largest absolute Gasteiger partial charge is 0.460 e. The average Bonchev–Trinajstić information content (AvgIpc) is 2.49. The molecule has 0 aromatic rings. The first-order valence-corrected chi connectivity index (χ1v) is 10.5. The van der Waals surface area contributed by atoms with Crippen LogP contribution in [0, 0.1) is 23.2 Å². The van der Waals surface area contributed by atoms with Crippen molar-refractivity contribution >= 4 is 10.1 Å². The molecule has 0 amide bonds. The Bertz CT molecular complexity index is 717. The number of hydrogen-bond acceptors (Lipinski definition) is 3. The van der Waals surface area contributed by atoms with Gasteiger partial charge >= 0.3 is 33.5 Å². The normalized spacial score (nSPS) is 33.3. The van der Waals surface area contributed by atoms with Crippen LogP contribution in [0.4, 0.5) is 35.1 Å². The van der Waals surface area contributed by atoms with E-state index in [2.05, 4.69) is 4.74 Å². The maximum atomic E-state index is 14.0. The molecule has 0 aliphatic heterocycles. The second kappa shape index (κ2) is 6.65. The van der Waals surface area contributed by atoms with E-state index in [9.17, 15) is 43.5 Å². The summed E-state index contributed by atoms with van der Waals surface area (Å²) in [5.74, 6) is -4.33. The minimum Gasteiger partial charge on any atom is -0.281 e. The maximum absolute atomic E-state index is 14.0. The first kappa shape index (κ1) is 23.0. The van der Waals surface area contributed by atoms with Gasteiger partial charge in [-0.25, -0.2) is 4.74 Å². The molecule has 0 spiro atoms. The van der Waals surface area contributed by atoms with Gasteiger partial charge in [-0.1, -0.05) is 0 Å². The Balaban J connectivity index is 1.71. The van der Waals surface area contributed by atoms with E-state index in [1.165, 1.54) is 0 Å². The van der Waals surface area contributed by atoms with Gasteiger partial charge in [0, 0.05) is 6.42 Å². The number of ether oxygens (including phenoxy) is 1. The molecule has 0 atom stereocenters. The Hall–Kier alpha value is -0.690. The minimum absolute atomic E-state index is 0.310. The van der Waals surface area contributed by atoms with Crippen molar-refractivity contribution in [3.05, 3.63) is 0 Å². The van der Waals surface area contributed by atoms with E-state index in [0.717, 1.165) is 19.3 Å². The van der Waals surface area contributed by atoms with Gasteiger partial charge in [0.15, 0.2) is 0 Å². The average molecular weight is 460 g/mol. The zero-order chi connectivity index (χ0) is 22.1. The predicted molar refractivity (Wildman–Crippen MR) is 82.3 cm³/mol. The molecule has 0 unspecified atom stereocenters. The summed E-state index contributed by atoms with van der Waals surface area (Å²) >= 11 is 0. The third kappa shape index (κ3) is 3.98. The van der Waals surface area contributed by atoms with E-state index in [0.29, 0.717) is 37.0 Å². The Morgan fingerprint density at radius 1 is 0.828 bits per heavy atom. The van der Waals surface area contributed by atoms with Crippen LogP contribution in [0.3, 0.4) is 0 Å². The lowest BCUT2D eigenvalue weighted by Gasteiger charge is -2.57. The number of hydrogen-bond donors (Lipinski definition) is 1. The highest BCUT2D eigenvalue weighted by Crippen LogP contribution is 2.62. The molecule has 4 bridgehead atoms. The van der Waals surface area contributed by atoms with Crippen molar-refractivity contribution < 1.29 is 52.8 Å². The molecule has 4 nitrogen and oxygen atoms in total. The highest BCUT2D eigenvalue weighted by molar-refractivity contribution is 7.86. The first-order valence-electron chi connectivity index (χ1n) is 9.08. The SMILES string of the molecule is O=S(=O)(O)C(F)(F)C(F)(F)OC(F)(F)C(F)(F)CCC12CC3CC(CC(C3)C1)C2. The predicted octanol–water partition coefficient (Wildman–Crippen LogP) is 5.30. The molecule has 4 rings (SSSR count). The molecule has 4 aliphatic rings. The zero-order valence-corrected chi connectivity index (χ0v) is 15.8. The molecule has 4 aliphatic carbocycles. The van der Waals surface area contributed by atoms with Crippen LogP contribution in [0.25, 0.3) is 0 Å². The molecule has 13 heteroatoms. The zero-order valence-electron chi connectivity index (χ0n) is 15.0. The van der Waals surface area contributed by atoms with E-state index < -0.39 is 51.8 Å². The molecule has 0 aromatic heterocycles. The van der Waals surface area contributed by atoms with Crippen LogP contribution in [-0.4, -0.2) is 36.4 Å². The van der Waals surface area contributed by atoms with Crippen molar-refractivity contribution in [3.63, 3.8) is 0 Å². The quantitative estimate of drug-likeness (QED) is 0.394. The van der Waals surface area contributed by atoms with Crippen molar-refractivity contribution in [2.24, 2.45) is 23.2 Å². The molecule has 0 saturated heterocycles. The molecular weight excluding hydrogens is 440 g/mol. The van der Waals surface area contributed by atoms with E-state index in [4.69, 9.17) is 4.55 Å². The van der Waals surface area contributed by atoms with Crippen LogP contribution in [-0.2, 0) is 14.9 Å². The third-order valence-electron chi connectivity index (χ3n) is 6.48. The fourth-order valence-corrected chi connectivity index (χ4v) is 5.95. The van der Waals surface area contributed by atoms with Crippen LogP contribution in [0.1, 0.15) is 51.4 Å². The Morgan fingerprint density at radius 3 is 1.62 bits per heavy atom. The second-order valence-electron chi connectivity index (χ2n) is 8.75. The lowest BCUT2D eigenvalue weighted by molar-refractivity contribution is -0.457.